The molecule has 2 N–H and O–H groups in total. The number of alkyl halides is 5. The summed E-state index contributed by atoms with van der Waals surface area (Å²) >= 11 is 0. The first-order valence-corrected chi connectivity index (χ1v) is 9.84. The highest BCUT2D eigenvalue weighted by Crippen LogP contribution is 2.50. The zero-order chi connectivity index (χ0) is 24.7. The molecule has 1 amide bonds. The molecule has 0 saturated carbocycles. The number of aryl methyl sites for hydroxylation is 1. The molecule has 34 heavy (non-hydrogen) atoms. The maximum Gasteiger partial charge on any atom is 0.455 e. The lowest BCUT2D eigenvalue weighted by Gasteiger charge is -2.37. The van der Waals surface area contributed by atoms with Gasteiger partial charge in [0.2, 0.25) is 0 Å². The van der Waals surface area contributed by atoms with Crippen molar-refractivity contribution in [2.45, 2.75) is 30.6 Å². The van der Waals surface area contributed by atoms with Crippen LogP contribution in [0.5, 0.6) is 0 Å². The van der Waals surface area contributed by atoms with E-state index in [0.29, 0.717) is 15.8 Å². The lowest BCUT2D eigenvalue weighted by Crippen LogP contribution is -2.47. The number of nitrogens with one attached hydrogen (secondary N) is 2. The van der Waals surface area contributed by atoms with Gasteiger partial charge in [-0.2, -0.15) is 37.3 Å². The average Bonchev–Trinajstić information content (AvgIpc) is 3.38. The molecular formula is C20H17F6N7O. The summed E-state index contributed by atoms with van der Waals surface area (Å²) in [5.74, 6) is -6.89. The number of rotatable bonds is 5. The van der Waals surface area contributed by atoms with E-state index in [2.05, 4.69) is 26.0 Å². The van der Waals surface area contributed by atoms with Crippen molar-refractivity contribution in [3.8, 4) is 0 Å². The zero-order valence-corrected chi connectivity index (χ0v) is 17.4. The van der Waals surface area contributed by atoms with Crippen LogP contribution < -0.4 is 10.7 Å². The lowest BCUT2D eigenvalue weighted by molar-refractivity contribution is -0.301. The van der Waals surface area contributed by atoms with Crippen LogP contribution in [-0.4, -0.2) is 43.8 Å². The summed E-state index contributed by atoms with van der Waals surface area (Å²) in [7, 11) is 1.67. The molecule has 1 aliphatic rings. The summed E-state index contributed by atoms with van der Waals surface area (Å²) in [5, 5.41) is 14.1. The number of fused-ring (bicyclic) bond motifs is 1. The summed E-state index contributed by atoms with van der Waals surface area (Å²) in [6.07, 6.45) is -2.23. The van der Waals surface area contributed by atoms with Crippen LogP contribution in [0.3, 0.4) is 0 Å². The normalized spacial score (nSPS) is 18.6. The average molecular weight is 485 g/mol. The van der Waals surface area contributed by atoms with Gasteiger partial charge in [0.05, 0.1) is 18.5 Å². The number of hydrogen-bond donors (Lipinski definition) is 2. The fraction of sp³-hybridized carbons (Fsp3) is 0.300. The molecule has 0 aliphatic carbocycles. The van der Waals surface area contributed by atoms with Crippen molar-refractivity contribution in [1.82, 2.24) is 25.0 Å². The van der Waals surface area contributed by atoms with Crippen LogP contribution in [0.25, 0.3) is 0 Å². The van der Waals surface area contributed by atoms with Crippen LogP contribution in [0.15, 0.2) is 47.8 Å². The van der Waals surface area contributed by atoms with Gasteiger partial charge in [-0.3, -0.25) is 9.48 Å². The van der Waals surface area contributed by atoms with Gasteiger partial charge < -0.3 is 5.32 Å². The summed E-state index contributed by atoms with van der Waals surface area (Å²) in [6, 6.07) is 2.29. The summed E-state index contributed by atoms with van der Waals surface area (Å²) in [6.45, 7) is 0. The number of halogens is 6. The number of amides is 1. The predicted molar refractivity (Wildman–Crippen MR) is 108 cm³/mol. The Balaban J connectivity index is 1.63. The molecule has 2 atom stereocenters. The first-order valence-electron chi connectivity index (χ1n) is 9.84. The number of carbonyl (C=O) groups excluding carboxylic acids is 1. The van der Waals surface area contributed by atoms with Crippen molar-refractivity contribution in [2.75, 3.05) is 5.32 Å². The van der Waals surface area contributed by atoms with Gasteiger partial charge >= 0.3 is 12.1 Å². The number of hydrazone groups is 1. The minimum absolute atomic E-state index is 0.226. The maximum atomic E-state index is 14.4. The van der Waals surface area contributed by atoms with Crippen LogP contribution in [0.4, 0.5) is 32.2 Å². The Morgan fingerprint density at radius 2 is 1.94 bits per heavy atom. The number of carbonyl (C=O) groups is 1. The molecule has 180 valence electrons. The fourth-order valence-electron chi connectivity index (χ4n) is 3.55. The third-order valence-corrected chi connectivity index (χ3v) is 5.22. The molecule has 1 aliphatic heterocycles. The molecular weight excluding hydrogens is 468 g/mol. The molecule has 0 radical (unpaired) electrons. The molecule has 14 heteroatoms. The van der Waals surface area contributed by atoms with Crippen molar-refractivity contribution in [1.29, 1.82) is 0 Å². The molecule has 3 aromatic rings. The quantitative estimate of drug-likeness (QED) is 0.327. The fourth-order valence-corrected chi connectivity index (χ4v) is 3.55. The van der Waals surface area contributed by atoms with E-state index in [1.165, 1.54) is 29.2 Å². The zero-order valence-electron chi connectivity index (χ0n) is 17.4. The van der Waals surface area contributed by atoms with Crippen LogP contribution in [0.1, 0.15) is 40.1 Å². The van der Waals surface area contributed by atoms with Crippen molar-refractivity contribution >= 4 is 17.9 Å². The monoisotopic (exact) mass is 485 g/mol. The third-order valence-electron chi connectivity index (χ3n) is 5.22. The first-order chi connectivity index (χ1) is 16.0. The maximum absolute atomic E-state index is 14.4. The van der Waals surface area contributed by atoms with Crippen molar-refractivity contribution < 1.29 is 31.1 Å². The van der Waals surface area contributed by atoms with E-state index in [1.54, 1.807) is 13.2 Å². The second-order valence-electron chi connectivity index (χ2n) is 7.63. The molecule has 0 spiro atoms. The smallest absolute Gasteiger partial charge is 0.363 e. The minimum Gasteiger partial charge on any atom is -0.363 e. The van der Waals surface area contributed by atoms with E-state index in [4.69, 9.17) is 0 Å². The molecule has 3 heterocycles. The van der Waals surface area contributed by atoms with Crippen LogP contribution >= 0.6 is 0 Å². The van der Waals surface area contributed by atoms with E-state index in [0.717, 1.165) is 18.2 Å². The Morgan fingerprint density at radius 3 is 2.56 bits per heavy atom. The molecule has 8 nitrogen and oxygen atoms in total. The van der Waals surface area contributed by atoms with Crippen molar-refractivity contribution in [3.63, 3.8) is 0 Å². The Kier molecular flexibility index (Phi) is 5.83. The Bertz CT molecular complexity index is 1210. The Morgan fingerprint density at radius 1 is 1.24 bits per heavy atom. The van der Waals surface area contributed by atoms with E-state index >= 15 is 0 Å². The molecule has 0 bridgehead atoms. The molecule has 0 unspecified atom stereocenters. The second-order valence-corrected chi connectivity index (χ2v) is 7.63. The predicted octanol–water partition coefficient (Wildman–Crippen LogP) is 3.82. The topological polar surface area (TPSA) is 89.1 Å². The highest BCUT2D eigenvalue weighted by Gasteiger charge is 2.64. The van der Waals surface area contributed by atoms with Gasteiger partial charge in [0.15, 0.2) is 5.69 Å². The number of benzene rings is 1. The van der Waals surface area contributed by atoms with E-state index in [-0.39, 0.29) is 5.82 Å². The second kappa shape index (κ2) is 8.50. The van der Waals surface area contributed by atoms with E-state index in [9.17, 15) is 31.1 Å². The standard InChI is InChI=1S/C20H17F6N7O/c1-32-10-11(9-28-32)8-27-30-18(34)15-7-17-29-14(12-2-4-13(21)5-3-12)6-16(33(17)31-15)19(22,23)20(24,25)26/h2-5,7-10,14,16,29H,6H2,1H3,(H,30,34)/b27-8-/t14-,16-/m1/s1. The molecule has 0 saturated heterocycles. The van der Waals surface area contributed by atoms with Gasteiger partial charge in [-0.15, -0.1) is 0 Å². The summed E-state index contributed by atoms with van der Waals surface area (Å²) in [4.78, 5) is 12.4. The van der Waals surface area contributed by atoms with Crippen molar-refractivity contribution in [2.24, 2.45) is 12.1 Å². The highest BCUT2D eigenvalue weighted by atomic mass is 19.4. The SMILES string of the molecule is Cn1cc(/C=N\NC(=O)c2cc3n(n2)[C@@H](C(F)(F)C(F)(F)F)C[C@H](c2ccc(F)cc2)N3)cn1. The minimum atomic E-state index is -5.86. The van der Waals surface area contributed by atoms with Crippen LogP contribution in [-0.2, 0) is 7.05 Å². The molecule has 0 fully saturated rings. The molecule has 2 aromatic heterocycles. The Labute approximate surface area is 188 Å². The van der Waals surface area contributed by atoms with E-state index in [1.807, 2.05) is 0 Å². The number of anilines is 1. The van der Waals surface area contributed by atoms with E-state index < -0.39 is 48.0 Å². The summed E-state index contributed by atoms with van der Waals surface area (Å²) < 4.78 is 83.8. The number of aromatic nitrogens is 4. The van der Waals surface area contributed by atoms with Crippen LogP contribution in [0.2, 0.25) is 0 Å². The lowest BCUT2D eigenvalue weighted by atomic mass is 9.93. The van der Waals surface area contributed by atoms with Gasteiger partial charge in [0.25, 0.3) is 5.91 Å². The van der Waals surface area contributed by atoms with Gasteiger partial charge in [0, 0.05) is 31.3 Å². The van der Waals surface area contributed by atoms with Gasteiger partial charge in [-0.05, 0) is 17.7 Å². The largest absolute Gasteiger partial charge is 0.455 e. The van der Waals surface area contributed by atoms with Crippen LogP contribution in [0, 0.1) is 5.82 Å². The van der Waals surface area contributed by atoms with Gasteiger partial charge in [0.1, 0.15) is 17.7 Å². The number of nitrogens with zero attached hydrogens (tertiary/aromatic N) is 5. The Hall–Kier alpha value is -3.84. The number of hydrogen-bond acceptors (Lipinski definition) is 5. The van der Waals surface area contributed by atoms with Crippen molar-refractivity contribution in [3.05, 3.63) is 65.4 Å². The first kappa shape index (κ1) is 23.3. The third kappa shape index (κ3) is 4.47. The molecule has 1 aromatic carbocycles. The summed E-state index contributed by atoms with van der Waals surface area (Å²) in [5.41, 5.74) is 2.57. The van der Waals surface area contributed by atoms with Gasteiger partial charge in [-0.25, -0.2) is 14.5 Å². The molecule has 4 rings (SSSR count). The highest BCUT2D eigenvalue weighted by molar-refractivity contribution is 5.93. The van der Waals surface area contributed by atoms with Gasteiger partial charge in [-0.1, -0.05) is 12.1 Å².